The second-order valence-corrected chi connectivity index (χ2v) is 5.77. The molecule has 1 aliphatic rings. The Morgan fingerprint density at radius 1 is 1.14 bits per heavy atom. The van der Waals surface area contributed by atoms with Crippen molar-refractivity contribution in [2.45, 2.75) is 51.4 Å². The number of rotatable bonds is 6. The normalized spacial score (nSPS) is 16.5. The molecule has 0 aromatic carbocycles. The van der Waals surface area contributed by atoms with Crippen molar-refractivity contribution < 1.29 is 4.74 Å². The summed E-state index contributed by atoms with van der Waals surface area (Å²) >= 11 is 0. The molecule has 2 rings (SSSR count). The number of ether oxygens (including phenoxy) is 1. The molecule has 122 valence electrons. The summed E-state index contributed by atoms with van der Waals surface area (Å²) in [6.07, 6.45) is 10.3. The molecule has 1 aromatic rings. The van der Waals surface area contributed by atoms with E-state index in [-0.39, 0.29) is 5.95 Å². The van der Waals surface area contributed by atoms with E-state index in [0.717, 1.165) is 12.3 Å². The number of nitrogen functional groups attached to an aromatic ring is 2. The van der Waals surface area contributed by atoms with Crippen LogP contribution in [0.4, 0.5) is 17.5 Å². The van der Waals surface area contributed by atoms with Crippen molar-refractivity contribution in [1.29, 1.82) is 0 Å². The highest BCUT2D eigenvalue weighted by Gasteiger charge is 2.14. The molecule has 1 heterocycles. The lowest BCUT2D eigenvalue weighted by molar-refractivity contribution is 0.249. The van der Waals surface area contributed by atoms with E-state index in [4.69, 9.17) is 16.2 Å². The van der Waals surface area contributed by atoms with Crippen LogP contribution in [0.5, 0.6) is 5.88 Å². The monoisotopic (exact) mass is 306 g/mol. The molecule has 1 aromatic heterocycles. The van der Waals surface area contributed by atoms with Crippen LogP contribution in [0, 0.1) is 5.92 Å². The van der Waals surface area contributed by atoms with Gasteiger partial charge in [-0.25, -0.2) is 0 Å². The summed E-state index contributed by atoms with van der Waals surface area (Å²) in [5, 5.41) is 3.54. The highest BCUT2D eigenvalue weighted by molar-refractivity contribution is 5.68. The zero-order chi connectivity index (χ0) is 15.8. The van der Waals surface area contributed by atoms with Crippen LogP contribution in [0.3, 0.4) is 0 Å². The number of hydrazone groups is 1. The minimum absolute atomic E-state index is 0.0984. The summed E-state index contributed by atoms with van der Waals surface area (Å²) in [5.74, 6) is 1.46. The number of aromatic nitrogens is 2. The highest BCUT2D eigenvalue weighted by Crippen LogP contribution is 2.28. The number of nitrogens with zero attached hydrogens (tertiary/aromatic N) is 3. The predicted octanol–water partition coefficient (Wildman–Crippen LogP) is 2.80. The van der Waals surface area contributed by atoms with Gasteiger partial charge in [-0.1, -0.05) is 44.9 Å². The van der Waals surface area contributed by atoms with Crippen LogP contribution < -0.4 is 21.6 Å². The Bertz CT molecular complexity index is 485. The van der Waals surface area contributed by atoms with E-state index in [1.165, 1.54) is 44.9 Å². The molecule has 22 heavy (non-hydrogen) atoms. The molecule has 0 saturated heterocycles. The van der Waals surface area contributed by atoms with Crippen molar-refractivity contribution in [1.82, 2.24) is 9.97 Å². The molecule has 1 saturated carbocycles. The molecular weight excluding hydrogens is 280 g/mol. The maximum Gasteiger partial charge on any atom is 0.244 e. The van der Waals surface area contributed by atoms with Gasteiger partial charge in [0, 0.05) is 6.72 Å². The minimum Gasteiger partial charge on any atom is -0.476 e. The van der Waals surface area contributed by atoms with Crippen LogP contribution in [-0.2, 0) is 0 Å². The topological polar surface area (TPSA) is 111 Å². The quantitative estimate of drug-likeness (QED) is 0.550. The second kappa shape index (κ2) is 8.41. The van der Waals surface area contributed by atoms with Crippen molar-refractivity contribution >= 4 is 24.2 Å². The van der Waals surface area contributed by atoms with Crippen LogP contribution in [0.1, 0.15) is 51.4 Å². The van der Waals surface area contributed by atoms with Gasteiger partial charge in [-0.2, -0.15) is 15.1 Å². The van der Waals surface area contributed by atoms with E-state index in [1.807, 2.05) is 0 Å². The van der Waals surface area contributed by atoms with E-state index in [0.29, 0.717) is 24.0 Å². The van der Waals surface area contributed by atoms with Crippen LogP contribution in [0.15, 0.2) is 5.10 Å². The molecule has 0 radical (unpaired) electrons. The summed E-state index contributed by atoms with van der Waals surface area (Å²) < 4.78 is 5.72. The van der Waals surface area contributed by atoms with Crippen LogP contribution in [0.25, 0.3) is 0 Å². The Labute approximate surface area is 131 Å². The predicted molar refractivity (Wildman–Crippen MR) is 89.9 cm³/mol. The first kappa shape index (κ1) is 16.3. The standard InChI is InChI=1S/C15H26N6O/c1-18-21-13-12(16)14(20-15(17)19-13)22-10-9-11-7-5-3-2-4-6-8-11/h11H,1-10,16H2,(H3,17,19,20,21). The van der Waals surface area contributed by atoms with Gasteiger partial charge < -0.3 is 16.2 Å². The fourth-order valence-electron chi connectivity index (χ4n) is 2.89. The zero-order valence-electron chi connectivity index (χ0n) is 13.1. The average Bonchev–Trinajstić information content (AvgIpc) is 2.46. The Kier molecular flexibility index (Phi) is 6.24. The number of anilines is 3. The van der Waals surface area contributed by atoms with Gasteiger partial charge in [0.25, 0.3) is 0 Å². The highest BCUT2D eigenvalue weighted by atomic mass is 16.5. The maximum absolute atomic E-state index is 5.95. The first-order chi connectivity index (χ1) is 10.7. The van der Waals surface area contributed by atoms with Crippen molar-refractivity contribution in [3.63, 3.8) is 0 Å². The molecule has 0 amide bonds. The minimum atomic E-state index is 0.0984. The van der Waals surface area contributed by atoms with Crippen LogP contribution in [-0.4, -0.2) is 23.3 Å². The fourth-order valence-corrected chi connectivity index (χ4v) is 2.89. The Balaban J connectivity index is 1.89. The van der Waals surface area contributed by atoms with Gasteiger partial charge in [0.15, 0.2) is 5.82 Å². The average molecular weight is 306 g/mol. The molecule has 7 heteroatoms. The number of nitrogens with two attached hydrogens (primary N) is 2. The smallest absolute Gasteiger partial charge is 0.244 e. The molecule has 0 unspecified atom stereocenters. The van der Waals surface area contributed by atoms with Gasteiger partial charge in [0.05, 0.1) is 6.61 Å². The van der Waals surface area contributed by atoms with Crippen molar-refractivity contribution in [2.24, 2.45) is 11.0 Å². The number of nitrogens with one attached hydrogen (secondary N) is 1. The van der Waals surface area contributed by atoms with E-state index in [2.05, 4.69) is 27.2 Å². The first-order valence-corrected chi connectivity index (χ1v) is 7.98. The largest absolute Gasteiger partial charge is 0.476 e. The van der Waals surface area contributed by atoms with Gasteiger partial charge in [-0.05, 0) is 12.3 Å². The van der Waals surface area contributed by atoms with Gasteiger partial charge in [-0.15, -0.1) is 0 Å². The summed E-state index contributed by atoms with van der Waals surface area (Å²) in [7, 11) is 0. The van der Waals surface area contributed by atoms with Gasteiger partial charge in [-0.3, -0.25) is 5.43 Å². The lowest BCUT2D eigenvalue weighted by Crippen LogP contribution is -2.12. The molecule has 0 bridgehead atoms. The van der Waals surface area contributed by atoms with E-state index in [9.17, 15) is 0 Å². The first-order valence-electron chi connectivity index (χ1n) is 7.98. The number of hydrogen-bond acceptors (Lipinski definition) is 7. The second-order valence-electron chi connectivity index (χ2n) is 5.77. The van der Waals surface area contributed by atoms with Crippen molar-refractivity contribution in [2.75, 3.05) is 23.5 Å². The lowest BCUT2D eigenvalue weighted by atomic mass is 9.89. The molecule has 7 nitrogen and oxygen atoms in total. The maximum atomic E-state index is 5.95. The molecule has 0 aliphatic heterocycles. The molecule has 0 atom stereocenters. The van der Waals surface area contributed by atoms with Gasteiger partial charge in [0.2, 0.25) is 11.8 Å². The third kappa shape index (κ3) is 4.75. The van der Waals surface area contributed by atoms with Crippen molar-refractivity contribution in [3.8, 4) is 5.88 Å². The zero-order valence-corrected chi connectivity index (χ0v) is 13.1. The van der Waals surface area contributed by atoms with Crippen LogP contribution in [0.2, 0.25) is 0 Å². The van der Waals surface area contributed by atoms with E-state index >= 15 is 0 Å². The van der Waals surface area contributed by atoms with Crippen LogP contribution >= 0.6 is 0 Å². The fraction of sp³-hybridized carbons (Fsp3) is 0.667. The molecular formula is C15H26N6O. The lowest BCUT2D eigenvalue weighted by Gasteiger charge is -2.19. The van der Waals surface area contributed by atoms with E-state index in [1.54, 1.807) is 0 Å². The molecule has 0 spiro atoms. The summed E-state index contributed by atoms with van der Waals surface area (Å²) in [5.41, 5.74) is 14.5. The Morgan fingerprint density at radius 2 is 1.82 bits per heavy atom. The SMILES string of the molecule is C=NNc1nc(N)nc(OCCC2CCCCCCC2)c1N. The van der Waals surface area contributed by atoms with Gasteiger partial charge in [0.1, 0.15) is 5.69 Å². The molecule has 1 fully saturated rings. The van der Waals surface area contributed by atoms with Gasteiger partial charge >= 0.3 is 0 Å². The number of hydrogen-bond donors (Lipinski definition) is 3. The third-order valence-electron chi connectivity index (χ3n) is 4.10. The Hall–Kier alpha value is -2.05. The third-order valence-corrected chi connectivity index (χ3v) is 4.10. The summed E-state index contributed by atoms with van der Waals surface area (Å²) in [6, 6.07) is 0. The summed E-state index contributed by atoms with van der Waals surface area (Å²) in [4.78, 5) is 8.01. The Morgan fingerprint density at radius 3 is 2.50 bits per heavy atom. The van der Waals surface area contributed by atoms with E-state index < -0.39 is 0 Å². The molecule has 1 aliphatic carbocycles. The van der Waals surface area contributed by atoms with Crippen molar-refractivity contribution in [3.05, 3.63) is 0 Å². The summed E-state index contributed by atoms with van der Waals surface area (Å²) in [6.45, 7) is 3.93. The molecule has 5 N–H and O–H groups in total.